The number of aliphatic carboxylic acids is 1. The van der Waals surface area contributed by atoms with Gasteiger partial charge in [-0.2, -0.15) is 0 Å². The van der Waals surface area contributed by atoms with Crippen molar-refractivity contribution in [3.63, 3.8) is 0 Å². The van der Waals surface area contributed by atoms with Gasteiger partial charge in [0.15, 0.2) is 0 Å². The number of carboxylic acids is 1. The lowest BCUT2D eigenvalue weighted by molar-refractivity contribution is -0.148. The summed E-state index contributed by atoms with van der Waals surface area (Å²) in [7, 11) is 0. The number of ether oxygens (including phenoxy) is 1. The Labute approximate surface area is 182 Å². The maximum atomic E-state index is 12.0. The van der Waals surface area contributed by atoms with Crippen LogP contribution in [-0.2, 0) is 25.5 Å². The van der Waals surface area contributed by atoms with Crippen LogP contribution in [0, 0.1) is 5.92 Å². The molecule has 1 fully saturated rings. The first kappa shape index (κ1) is 22.6. The number of hydrogen-bond donors (Lipinski definition) is 3. The first-order valence-corrected chi connectivity index (χ1v) is 11.7. The molecule has 0 bridgehead atoms. The van der Waals surface area contributed by atoms with Crippen LogP contribution in [0.15, 0.2) is 16.3 Å². The number of nitrogens with one attached hydrogen (secondary N) is 1. The van der Waals surface area contributed by atoms with Gasteiger partial charge in [-0.3, -0.25) is 19.6 Å². The summed E-state index contributed by atoms with van der Waals surface area (Å²) in [5.74, 6) is -0.947. The number of carbonyl (C=O) groups excluding carboxylic acids is 2. The molecule has 3 rings (SSSR count). The average Bonchev–Trinajstić information content (AvgIpc) is 3.18. The van der Waals surface area contributed by atoms with Gasteiger partial charge in [0, 0.05) is 11.5 Å². The number of nitrogens with zero attached hydrogens (tertiary/aromatic N) is 3. The summed E-state index contributed by atoms with van der Waals surface area (Å²) in [5, 5.41) is 20.9. The molecule has 3 atom stereocenters. The van der Waals surface area contributed by atoms with E-state index in [1.165, 1.54) is 28.4 Å². The van der Waals surface area contributed by atoms with E-state index < -0.39 is 12.0 Å². The van der Waals surface area contributed by atoms with Gasteiger partial charge in [-0.25, -0.2) is 4.79 Å². The quantitative estimate of drug-likeness (QED) is 0.265. The molecule has 1 aromatic heterocycles. The summed E-state index contributed by atoms with van der Waals surface area (Å²) in [6.45, 7) is 3.99. The molecule has 1 aromatic rings. The summed E-state index contributed by atoms with van der Waals surface area (Å²) in [6.07, 6.45) is 2.07. The van der Waals surface area contributed by atoms with Crippen LogP contribution in [0.3, 0.4) is 0 Å². The van der Waals surface area contributed by atoms with E-state index in [1.54, 1.807) is 6.92 Å². The third-order valence-electron chi connectivity index (χ3n) is 5.01. The van der Waals surface area contributed by atoms with Gasteiger partial charge in [0.05, 0.1) is 18.2 Å². The maximum absolute atomic E-state index is 12.0. The van der Waals surface area contributed by atoms with Gasteiger partial charge in [-0.05, 0) is 31.8 Å². The van der Waals surface area contributed by atoms with Crippen LogP contribution >= 0.6 is 23.5 Å². The predicted octanol–water partition coefficient (Wildman–Crippen LogP) is 1.000. The van der Waals surface area contributed by atoms with Crippen molar-refractivity contribution in [1.29, 1.82) is 0 Å². The molecule has 0 radical (unpaired) electrons. The Bertz CT molecular complexity index is 858. The van der Waals surface area contributed by atoms with Gasteiger partial charge in [-0.15, -0.1) is 28.6 Å². The van der Waals surface area contributed by atoms with Gasteiger partial charge in [0.25, 0.3) is 0 Å². The number of carboxylic acid groups (broad SMARTS) is 1. The first-order valence-electron chi connectivity index (χ1n) is 9.70. The zero-order chi connectivity index (χ0) is 21.8. The van der Waals surface area contributed by atoms with Crippen LogP contribution in [0.25, 0.3) is 0 Å². The fourth-order valence-corrected chi connectivity index (χ4v) is 5.74. The number of aryl methyl sites for hydroxylation is 1. The molecular weight excluding hydrogens is 430 g/mol. The highest BCUT2D eigenvalue weighted by molar-refractivity contribution is 8.01. The second kappa shape index (κ2) is 9.84. The van der Waals surface area contributed by atoms with Gasteiger partial charge in [0.1, 0.15) is 22.1 Å². The van der Waals surface area contributed by atoms with E-state index >= 15 is 0 Å². The Kier molecular flexibility index (Phi) is 7.42. The lowest BCUT2D eigenvalue weighted by Gasteiger charge is -2.48. The Hall–Kier alpha value is -2.05. The minimum Gasteiger partial charge on any atom is -0.477 e. The summed E-state index contributed by atoms with van der Waals surface area (Å²) in [6, 6.07) is -0.640. The maximum Gasteiger partial charge on any atom is 0.352 e. The van der Waals surface area contributed by atoms with Crippen molar-refractivity contribution in [1.82, 2.24) is 20.3 Å². The summed E-state index contributed by atoms with van der Waals surface area (Å²) in [5.41, 5.74) is 7.26. The van der Waals surface area contributed by atoms with Crippen molar-refractivity contribution >= 4 is 41.4 Å². The second-order valence-electron chi connectivity index (χ2n) is 7.11. The number of hydrogen-bond acceptors (Lipinski definition) is 9. The van der Waals surface area contributed by atoms with Crippen LogP contribution in [0.2, 0.25) is 0 Å². The van der Waals surface area contributed by atoms with E-state index in [1.807, 2.05) is 6.92 Å². The number of β-lactam (4-membered cyclic amide) rings is 1. The second-order valence-corrected chi connectivity index (χ2v) is 9.21. The minimum atomic E-state index is -1.12. The number of rotatable bonds is 10. The van der Waals surface area contributed by atoms with E-state index in [4.69, 9.17) is 10.5 Å². The molecule has 1 amide bonds. The zero-order valence-electron chi connectivity index (χ0n) is 16.8. The number of thioether (sulfide) groups is 2. The number of aromatic amines is 1. The van der Waals surface area contributed by atoms with E-state index in [0.717, 1.165) is 17.1 Å². The van der Waals surface area contributed by atoms with Gasteiger partial charge < -0.3 is 15.6 Å². The van der Waals surface area contributed by atoms with E-state index in [0.29, 0.717) is 36.5 Å². The highest BCUT2D eigenvalue weighted by Crippen LogP contribution is 2.40. The first-order chi connectivity index (χ1) is 14.3. The van der Waals surface area contributed by atoms with Crippen molar-refractivity contribution in [3.05, 3.63) is 17.0 Å². The number of nitrogens with two attached hydrogens (primary N) is 1. The van der Waals surface area contributed by atoms with Crippen LogP contribution in [0.4, 0.5) is 0 Å². The number of esters is 1. The monoisotopic (exact) mass is 455 g/mol. The Morgan fingerprint density at radius 3 is 2.97 bits per heavy atom. The minimum absolute atomic E-state index is 0.0373. The Morgan fingerprint density at radius 1 is 1.50 bits per heavy atom. The molecule has 0 saturated carbocycles. The number of H-pyrrole nitrogens is 1. The van der Waals surface area contributed by atoms with Crippen LogP contribution in [0.5, 0.6) is 0 Å². The largest absolute Gasteiger partial charge is 0.477 e. The van der Waals surface area contributed by atoms with Gasteiger partial charge in [0.2, 0.25) is 5.91 Å². The van der Waals surface area contributed by atoms with Crippen molar-refractivity contribution in [3.8, 4) is 0 Å². The smallest absolute Gasteiger partial charge is 0.352 e. The van der Waals surface area contributed by atoms with Gasteiger partial charge in [-0.1, -0.05) is 12.1 Å². The zero-order valence-corrected chi connectivity index (χ0v) is 18.4. The van der Waals surface area contributed by atoms with Gasteiger partial charge >= 0.3 is 11.9 Å². The summed E-state index contributed by atoms with van der Waals surface area (Å²) >= 11 is 2.89. The van der Waals surface area contributed by atoms with Crippen molar-refractivity contribution < 1.29 is 24.2 Å². The molecule has 0 aliphatic carbocycles. The van der Waals surface area contributed by atoms with E-state index in [2.05, 4.69) is 15.4 Å². The van der Waals surface area contributed by atoms with Crippen molar-refractivity contribution in [2.75, 3.05) is 18.1 Å². The fraction of sp³-hybridized carbons (Fsp3) is 0.611. The number of carbonyl (C=O) groups is 3. The molecule has 10 nitrogen and oxygen atoms in total. The Balaban J connectivity index is 1.59. The third-order valence-corrected chi connectivity index (χ3v) is 7.47. The highest BCUT2D eigenvalue weighted by Gasteiger charge is 2.51. The fourth-order valence-electron chi connectivity index (χ4n) is 3.35. The molecule has 0 spiro atoms. The molecular formula is C18H25N5O5S2. The van der Waals surface area contributed by atoms with Crippen LogP contribution < -0.4 is 5.73 Å². The standard InChI is InChI=1S/C18H25N5O5S2/c1-3-28-18(27)9(2)5-4-6-11-14(21-22-20-11)29-7-10-8-30-16-12(19)15(24)23(16)13(10)17(25)26/h9,12,16H,3-8,19H2,1-2H3,(H,25,26)(H,20,21,22)/t9?,12?,16-/m1/s1. The number of fused-ring (bicyclic) bond motifs is 1. The predicted molar refractivity (Wildman–Crippen MR) is 112 cm³/mol. The number of aromatic nitrogens is 3. The molecule has 12 heteroatoms. The molecule has 164 valence electrons. The molecule has 30 heavy (non-hydrogen) atoms. The summed E-state index contributed by atoms with van der Waals surface area (Å²) < 4.78 is 5.02. The molecule has 2 aliphatic heterocycles. The lowest BCUT2D eigenvalue weighted by atomic mass is 10.0. The number of amides is 1. The molecule has 0 aromatic carbocycles. The average molecular weight is 456 g/mol. The molecule has 3 heterocycles. The highest BCUT2D eigenvalue weighted by atomic mass is 32.2. The van der Waals surface area contributed by atoms with E-state index in [9.17, 15) is 19.5 Å². The van der Waals surface area contributed by atoms with E-state index in [-0.39, 0.29) is 28.9 Å². The Morgan fingerprint density at radius 2 is 2.27 bits per heavy atom. The molecule has 2 aliphatic rings. The topological polar surface area (TPSA) is 152 Å². The lowest BCUT2D eigenvalue weighted by Crippen LogP contribution is -2.68. The summed E-state index contributed by atoms with van der Waals surface area (Å²) in [4.78, 5) is 36.8. The molecule has 4 N–H and O–H groups in total. The SMILES string of the molecule is CCOC(=O)C(C)CCCc1nn[nH]c1SCC1=C(C(=O)O)N2C(=O)C(N)[C@H]2SC1. The molecule has 1 saturated heterocycles. The van der Waals surface area contributed by atoms with Crippen LogP contribution in [0.1, 0.15) is 32.4 Å². The van der Waals surface area contributed by atoms with Crippen molar-refractivity contribution in [2.24, 2.45) is 11.7 Å². The van der Waals surface area contributed by atoms with Crippen LogP contribution in [-0.4, -0.2) is 72.8 Å². The normalized spacial score (nSPS) is 21.8. The molecule has 2 unspecified atom stereocenters. The van der Waals surface area contributed by atoms with Crippen molar-refractivity contribution in [2.45, 2.75) is 49.6 Å². The third kappa shape index (κ3) is 4.65.